The van der Waals surface area contributed by atoms with E-state index in [0.717, 1.165) is 0 Å². The minimum Gasteiger partial charge on any atom is -0.508 e. The number of fused-ring (bicyclic) bond motifs is 1. The molecule has 3 aromatic carbocycles. The minimum absolute atomic E-state index is 0.0198. The van der Waals surface area contributed by atoms with Gasteiger partial charge in [-0.15, -0.1) is 0 Å². The molecule has 0 bridgehead atoms. The number of guanidine groups is 1. The molecule has 2 aromatic heterocycles. The van der Waals surface area contributed by atoms with E-state index in [1.807, 2.05) is 0 Å². The molecule has 496 valence electrons. The maximum Gasteiger partial charge on any atom is 0.326 e. The zero-order valence-corrected chi connectivity index (χ0v) is 51.3. The van der Waals surface area contributed by atoms with Crippen LogP contribution in [0.5, 0.6) is 5.75 Å². The molecule has 31 heteroatoms. The number of para-hydroxylation sites is 1. The largest absolute Gasteiger partial charge is 0.508 e. The van der Waals surface area contributed by atoms with Crippen LogP contribution in [0.25, 0.3) is 10.9 Å². The van der Waals surface area contributed by atoms with Crippen LogP contribution in [0.15, 0.2) is 103 Å². The number of imidazole rings is 1. The van der Waals surface area contributed by atoms with Crippen LogP contribution in [0, 0.1) is 11.8 Å². The first-order chi connectivity index (χ1) is 43.7. The average molecular weight is 1280 g/mol. The fraction of sp³-hybridized carbons (Fsp3) is 0.426. The summed E-state index contributed by atoms with van der Waals surface area (Å²) in [6.45, 7) is 4.94. The van der Waals surface area contributed by atoms with E-state index >= 15 is 0 Å². The Kier molecular flexibility index (Phi) is 28.0. The van der Waals surface area contributed by atoms with Gasteiger partial charge in [0, 0.05) is 61.2 Å². The number of aromatic hydroxyl groups is 1. The number of amides is 9. The molecule has 0 aliphatic heterocycles. The maximum atomic E-state index is 14.7. The fourth-order valence-electron chi connectivity index (χ4n) is 9.59. The molecule has 92 heavy (non-hydrogen) atoms. The number of carbonyl (C=O) groups is 11. The molecule has 0 unspecified atom stereocenters. The molecule has 0 saturated carbocycles. The van der Waals surface area contributed by atoms with Crippen LogP contribution in [0.1, 0.15) is 75.8 Å². The summed E-state index contributed by atoms with van der Waals surface area (Å²) in [7, 11) is 0. The summed E-state index contributed by atoms with van der Waals surface area (Å²) in [4.78, 5) is 164. The van der Waals surface area contributed by atoms with Gasteiger partial charge in [0.05, 0.1) is 31.9 Å². The summed E-state index contributed by atoms with van der Waals surface area (Å²) in [5.41, 5.74) is 19.7. The highest BCUT2D eigenvalue weighted by Gasteiger charge is 2.37. The number of carboxylic acids is 2. The summed E-state index contributed by atoms with van der Waals surface area (Å²) >= 11 is 0. The Bertz CT molecular complexity index is 3360. The van der Waals surface area contributed by atoms with Crippen LogP contribution in [-0.4, -0.2) is 181 Å². The molecule has 9 atom stereocenters. The Morgan fingerprint density at radius 2 is 1.15 bits per heavy atom. The number of H-pyrrole nitrogens is 2. The van der Waals surface area contributed by atoms with Crippen molar-refractivity contribution in [2.45, 2.75) is 133 Å². The summed E-state index contributed by atoms with van der Waals surface area (Å²) < 4.78 is 0. The Morgan fingerprint density at radius 3 is 1.77 bits per heavy atom. The van der Waals surface area contributed by atoms with Crippen molar-refractivity contribution in [3.8, 4) is 5.75 Å². The van der Waals surface area contributed by atoms with Gasteiger partial charge in [0.15, 0.2) is 5.96 Å². The van der Waals surface area contributed by atoms with Gasteiger partial charge in [-0.3, -0.25) is 52.9 Å². The van der Waals surface area contributed by atoms with Crippen molar-refractivity contribution in [3.05, 3.63) is 120 Å². The molecule has 2 heterocycles. The van der Waals surface area contributed by atoms with Gasteiger partial charge in [-0.1, -0.05) is 88.4 Å². The molecular formula is C61H82N16O15. The van der Waals surface area contributed by atoms with Gasteiger partial charge in [0.25, 0.3) is 0 Å². The van der Waals surface area contributed by atoms with Crippen molar-refractivity contribution in [2.75, 3.05) is 19.7 Å². The second-order valence-electron chi connectivity index (χ2n) is 22.6. The summed E-state index contributed by atoms with van der Waals surface area (Å²) in [5.74, 6) is -12.8. The number of nitrogens with zero attached hydrogens (tertiary/aromatic N) is 2. The van der Waals surface area contributed by atoms with Crippen molar-refractivity contribution in [1.29, 1.82) is 0 Å². The molecule has 0 fully saturated rings. The van der Waals surface area contributed by atoms with E-state index in [0.29, 0.717) is 33.3 Å². The van der Waals surface area contributed by atoms with Crippen LogP contribution >= 0.6 is 0 Å². The number of phenolic OH excluding ortho intramolecular Hbond substituents is 1. The SMILES string of the molecule is CC(C)C[C@H](NC(=O)[C@H](Cc1c[nH]c2ccccc12)NC(=O)[C@@H](NC(=O)[C@H](CO)NC(=O)[C@H](Cc1ccccc1)NC(=O)CNC(=O)[C@H](CCCN=C(N)N)NC(=O)[C@@H](N)Cc1cnc[nH]1)C(C)C)C(=O)N[C@@H](CC(=O)O)C(=O)N[C@@H](Cc1ccc(O)cc1)C(=O)O. The lowest BCUT2D eigenvalue weighted by Crippen LogP contribution is -2.61. The van der Waals surface area contributed by atoms with Crippen LogP contribution in [0.2, 0.25) is 0 Å². The standard InChI is InChI=1S/C61H82N16O15/c1-32(2)21-43(54(85)73-46(26-50(81)82)57(88)75-47(60(91)92)23-35-16-18-38(79)19-17-35)72-56(87)45(24-36-27-67-41-14-9-8-13-39(36)41)74-59(90)51(33(3)4)77-58(89)48(30-78)76-55(86)44(22-34-11-6-5-7-12-34)70-49(80)29-68-53(84)42(15-10-20-66-61(63)64)71-52(83)40(62)25-37-28-65-31-69-37/h5-9,11-14,16-19,27-28,31-33,40,42-48,51,67,78-79H,10,15,20-26,29-30,62H2,1-4H3,(H,65,69)(H,68,84)(H,70,80)(H,71,83)(H,72,87)(H,73,85)(H,74,90)(H,75,88)(H,76,86)(H,77,89)(H,81,82)(H,91,92)(H4,63,64,66)/t40-,42-,43-,44-,45-,46-,47-,48-,51-/m0/s1. The highest BCUT2D eigenvalue weighted by molar-refractivity contribution is 5.99. The van der Waals surface area contributed by atoms with E-state index in [9.17, 15) is 73.2 Å². The highest BCUT2D eigenvalue weighted by atomic mass is 16.4. The number of aliphatic carboxylic acids is 2. The molecule has 0 aliphatic rings. The summed E-state index contributed by atoms with van der Waals surface area (Å²) in [6, 6.07) is 7.48. The molecule has 0 spiro atoms. The third-order valence-corrected chi connectivity index (χ3v) is 14.4. The van der Waals surface area contributed by atoms with E-state index in [-0.39, 0.29) is 69.1 Å². The number of aliphatic hydroxyl groups is 1. The lowest BCUT2D eigenvalue weighted by molar-refractivity contribution is -0.143. The van der Waals surface area contributed by atoms with Gasteiger partial charge in [-0.25, -0.2) is 9.78 Å². The first-order valence-corrected chi connectivity index (χ1v) is 29.6. The van der Waals surface area contributed by atoms with Gasteiger partial charge in [0.1, 0.15) is 54.1 Å². The maximum absolute atomic E-state index is 14.7. The number of benzene rings is 3. The summed E-state index contributed by atoms with van der Waals surface area (Å²) in [5, 5.41) is 63.2. The molecule has 5 rings (SSSR count). The third kappa shape index (κ3) is 23.5. The zero-order valence-electron chi connectivity index (χ0n) is 51.3. The lowest BCUT2D eigenvalue weighted by atomic mass is 9.98. The van der Waals surface area contributed by atoms with Crippen molar-refractivity contribution >= 4 is 82.0 Å². The fourth-order valence-corrected chi connectivity index (χ4v) is 9.59. The predicted molar refractivity (Wildman–Crippen MR) is 334 cm³/mol. The quantitative estimate of drug-likeness (QED) is 0.0111. The van der Waals surface area contributed by atoms with Crippen LogP contribution < -0.4 is 65.1 Å². The number of phenols is 1. The van der Waals surface area contributed by atoms with E-state index in [2.05, 4.69) is 67.8 Å². The zero-order chi connectivity index (χ0) is 67.6. The van der Waals surface area contributed by atoms with Gasteiger partial charge in [-0.2, -0.15) is 0 Å². The number of aromatic nitrogens is 3. The monoisotopic (exact) mass is 1280 g/mol. The molecule has 0 aliphatic carbocycles. The van der Waals surface area contributed by atoms with Gasteiger partial charge in [-0.05, 0) is 66.0 Å². The number of rotatable bonds is 37. The number of aromatic amines is 2. The van der Waals surface area contributed by atoms with Crippen LogP contribution in [-0.2, 0) is 78.4 Å². The molecular weight excluding hydrogens is 1200 g/mol. The lowest BCUT2D eigenvalue weighted by Gasteiger charge is -2.29. The molecule has 21 N–H and O–H groups in total. The second kappa shape index (κ2) is 35.7. The molecule has 0 radical (unpaired) electrons. The topological polar surface area (TPSA) is 512 Å². The minimum atomic E-state index is -1.85. The Labute approximate surface area is 529 Å². The van der Waals surface area contributed by atoms with Crippen molar-refractivity contribution in [3.63, 3.8) is 0 Å². The number of aliphatic imine (C=N–C) groups is 1. The number of aliphatic hydroxyl groups excluding tert-OH is 1. The van der Waals surface area contributed by atoms with E-state index < -0.39 is 145 Å². The van der Waals surface area contributed by atoms with Crippen molar-refractivity contribution in [1.82, 2.24) is 62.8 Å². The number of nitrogens with two attached hydrogens (primary N) is 3. The molecule has 5 aromatic rings. The smallest absolute Gasteiger partial charge is 0.326 e. The number of nitrogens with one attached hydrogen (secondary N) is 11. The van der Waals surface area contributed by atoms with E-state index in [4.69, 9.17) is 17.2 Å². The van der Waals surface area contributed by atoms with Gasteiger partial charge >= 0.3 is 11.9 Å². The number of hydrogen-bond donors (Lipinski definition) is 18. The normalized spacial score (nSPS) is 14.1. The molecule has 0 saturated heterocycles. The third-order valence-electron chi connectivity index (χ3n) is 14.4. The Morgan fingerprint density at radius 1 is 0.587 bits per heavy atom. The highest BCUT2D eigenvalue weighted by Crippen LogP contribution is 2.21. The average Bonchev–Trinajstić information content (AvgIpc) is 1.68. The Hall–Kier alpha value is -10.4. The number of carbonyl (C=O) groups excluding carboxylic acids is 9. The van der Waals surface area contributed by atoms with Crippen LogP contribution in [0.4, 0.5) is 0 Å². The first-order valence-electron chi connectivity index (χ1n) is 29.6. The molecule has 9 amide bonds. The van der Waals surface area contributed by atoms with E-state index in [1.54, 1.807) is 88.5 Å². The predicted octanol–water partition coefficient (Wildman–Crippen LogP) is -2.50. The second-order valence-corrected chi connectivity index (χ2v) is 22.6. The van der Waals surface area contributed by atoms with Crippen molar-refractivity contribution in [2.24, 2.45) is 34.0 Å². The Balaban J connectivity index is 1.32. The summed E-state index contributed by atoms with van der Waals surface area (Å²) in [6.07, 6.45) is 3.07. The van der Waals surface area contributed by atoms with Gasteiger partial charge < -0.3 is 95.4 Å². The van der Waals surface area contributed by atoms with Crippen molar-refractivity contribution < 1.29 is 73.2 Å². The molecule has 31 nitrogen and oxygen atoms in total. The van der Waals surface area contributed by atoms with Crippen LogP contribution in [0.3, 0.4) is 0 Å². The van der Waals surface area contributed by atoms with Gasteiger partial charge in [0.2, 0.25) is 53.2 Å². The van der Waals surface area contributed by atoms with E-state index in [1.165, 1.54) is 36.8 Å². The number of hydrogen-bond acceptors (Lipinski definition) is 16. The first kappa shape index (κ1) is 72.3. The number of carboxylic acid groups (broad SMARTS) is 2.